The van der Waals surface area contributed by atoms with Crippen LogP contribution in [-0.2, 0) is 6.61 Å². The van der Waals surface area contributed by atoms with Crippen LogP contribution in [0.25, 0.3) is 0 Å². The van der Waals surface area contributed by atoms with Gasteiger partial charge in [0.05, 0.1) is 12.5 Å². The molecule has 0 amide bonds. The first kappa shape index (κ1) is 10.3. The maximum absolute atomic E-state index is 8.99. The zero-order valence-corrected chi connectivity index (χ0v) is 9.26. The number of ether oxygens (including phenoxy) is 1. The van der Waals surface area contributed by atoms with E-state index in [1.165, 1.54) is 0 Å². The molecule has 88 valence electrons. The average Bonchev–Trinajstić information content (AvgIpc) is 2.87. The van der Waals surface area contributed by atoms with Gasteiger partial charge in [-0.15, -0.1) is 0 Å². The van der Waals surface area contributed by atoms with Crippen LogP contribution in [0, 0.1) is 0 Å². The minimum absolute atomic E-state index is 0.113. The third-order valence-corrected chi connectivity index (χ3v) is 2.97. The second kappa shape index (κ2) is 4.18. The van der Waals surface area contributed by atoms with E-state index < -0.39 is 0 Å². The molecular formula is C12H13N3O2. The number of nitrogens with one attached hydrogen (secondary N) is 1. The summed E-state index contributed by atoms with van der Waals surface area (Å²) >= 11 is 0. The molecule has 1 atom stereocenters. The smallest absolute Gasteiger partial charge is 0.158 e. The third-order valence-electron chi connectivity index (χ3n) is 2.97. The van der Waals surface area contributed by atoms with Crippen LogP contribution in [0.1, 0.15) is 29.6 Å². The van der Waals surface area contributed by atoms with E-state index in [9.17, 15) is 0 Å². The van der Waals surface area contributed by atoms with Crippen LogP contribution in [0.5, 0.6) is 5.75 Å². The highest BCUT2D eigenvalue weighted by molar-refractivity contribution is 5.40. The molecule has 5 heteroatoms. The minimum Gasteiger partial charge on any atom is -0.493 e. The zero-order valence-electron chi connectivity index (χ0n) is 9.26. The van der Waals surface area contributed by atoms with Crippen molar-refractivity contribution in [3.8, 4) is 5.75 Å². The normalized spacial score (nSPS) is 18.5. The molecule has 1 unspecified atom stereocenters. The number of aliphatic hydroxyl groups is 1. The average molecular weight is 231 g/mol. The number of para-hydroxylation sites is 1. The number of H-pyrrole nitrogens is 1. The van der Waals surface area contributed by atoms with Gasteiger partial charge in [0, 0.05) is 5.56 Å². The van der Waals surface area contributed by atoms with Gasteiger partial charge in [0.2, 0.25) is 0 Å². The lowest BCUT2D eigenvalue weighted by atomic mass is 9.92. The van der Waals surface area contributed by atoms with Gasteiger partial charge in [-0.3, -0.25) is 5.10 Å². The molecule has 17 heavy (non-hydrogen) atoms. The second-order valence-corrected chi connectivity index (χ2v) is 4.03. The van der Waals surface area contributed by atoms with Gasteiger partial charge in [-0.05, 0) is 12.5 Å². The molecule has 0 spiro atoms. The summed E-state index contributed by atoms with van der Waals surface area (Å²) in [7, 11) is 0. The van der Waals surface area contributed by atoms with Crippen molar-refractivity contribution in [3.05, 3.63) is 41.5 Å². The highest BCUT2D eigenvalue weighted by Gasteiger charge is 2.25. The molecule has 1 aliphatic rings. The van der Waals surface area contributed by atoms with E-state index in [0.717, 1.165) is 23.6 Å². The van der Waals surface area contributed by atoms with Gasteiger partial charge >= 0.3 is 0 Å². The Morgan fingerprint density at radius 3 is 3.12 bits per heavy atom. The highest BCUT2D eigenvalue weighted by Crippen LogP contribution is 2.36. The Morgan fingerprint density at radius 1 is 1.41 bits per heavy atom. The molecule has 2 N–H and O–H groups in total. The molecule has 0 aliphatic carbocycles. The topological polar surface area (TPSA) is 71.0 Å². The molecule has 3 rings (SSSR count). The van der Waals surface area contributed by atoms with E-state index in [1.807, 2.05) is 24.3 Å². The number of hydrogen-bond acceptors (Lipinski definition) is 4. The second-order valence-electron chi connectivity index (χ2n) is 4.03. The SMILES string of the molecule is OCc1nc(C2CCOc3ccccc32)n[nH]1. The lowest BCUT2D eigenvalue weighted by Gasteiger charge is -2.23. The highest BCUT2D eigenvalue weighted by atomic mass is 16.5. The molecule has 0 saturated heterocycles. The van der Waals surface area contributed by atoms with Gasteiger partial charge in [0.25, 0.3) is 0 Å². The van der Waals surface area contributed by atoms with Crippen molar-refractivity contribution >= 4 is 0 Å². The molecule has 5 nitrogen and oxygen atoms in total. The van der Waals surface area contributed by atoms with Gasteiger partial charge < -0.3 is 9.84 Å². The Morgan fingerprint density at radius 2 is 2.29 bits per heavy atom. The molecule has 2 aromatic rings. The lowest BCUT2D eigenvalue weighted by Crippen LogP contribution is -2.16. The van der Waals surface area contributed by atoms with Crippen molar-refractivity contribution in [3.63, 3.8) is 0 Å². The lowest BCUT2D eigenvalue weighted by molar-refractivity contribution is 0.270. The van der Waals surface area contributed by atoms with Gasteiger partial charge in [-0.25, -0.2) is 4.98 Å². The fourth-order valence-electron chi connectivity index (χ4n) is 2.15. The van der Waals surface area contributed by atoms with E-state index in [0.29, 0.717) is 12.4 Å². The molecule has 0 bridgehead atoms. The van der Waals surface area contributed by atoms with Crippen LogP contribution in [-0.4, -0.2) is 26.9 Å². The summed E-state index contributed by atoms with van der Waals surface area (Å²) in [6.45, 7) is 0.558. The molecule has 0 fully saturated rings. The van der Waals surface area contributed by atoms with Gasteiger partial charge in [0.1, 0.15) is 18.2 Å². The Hall–Kier alpha value is -1.88. The van der Waals surface area contributed by atoms with E-state index >= 15 is 0 Å². The third kappa shape index (κ3) is 1.78. The molecule has 0 radical (unpaired) electrons. The van der Waals surface area contributed by atoms with Crippen LogP contribution in [0.2, 0.25) is 0 Å². The number of hydrogen-bond donors (Lipinski definition) is 2. The van der Waals surface area contributed by atoms with Gasteiger partial charge in [0.15, 0.2) is 5.82 Å². The summed E-state index contributed by atoms with van der Waals surface area (Å²) in [4.78, 5) is 4.28. The van der Waals surface area contributed by atoms with E-state index in [1.54, 1.807) is 0 Å². The fourth-order valence-corrected chi connectivity index (χ4v) is 2.15. The maximum Gasteiger partial charge on any atom is 0.158 e. The number of aromatic amines is 1. The molecule has 0 saturated carbocycles. The first-order valence-electron chi connectivity index (χ1n) is 5.62. The van der Waals surface area contributed by atoms with E-state index in [4.69, 9.17) is 9.84 Å². The standard InChI is InChI=1S/C12H13N3O2/c16-7-11-13-12(15-14-11)9-5-6-17-10-4-2-1-3-8(9)10/h1-4,9,16H,5-7H2,(H,13,14,15). The summed E-state index contributed by atoms with van der Waals surface area (Å²) in [5.74, 6) is 2.28. The van der Waals surface area contributed by atoms with Gasteiger partial charge in [-0.2, -0.15) is 5.10 Å². The summed E-state index contributed by atoms with van der Waals surface area (Å²) in [6, 6.07) is 7.94. The number of aliphatic hydroxyl groups excluding tert-OH is 1. The summed E-state index contributed by atoms with van der Waals surface area (Å²) in [6.07, 6.45) is 0.861. The number of nitrogens with zero attached hydrogens (tertiary/aromatic N) is 2. The summed E-state index contributed by atoms with van der Waals surface area (Å²) in [5, 5.41) is 15.9. The number of aromatic nitrogens is 3. The summed E-state index contributed by atoms with van der Waals surface area (Å²) in [5.41, 5.74) is 1.11. The quantitative estimate of drug-likeness (QED) is 0.815. The van der Waals surface area contributed by atoms with Crippen molar-refractivity contribution in [2.75, 3.05) is 6.61 Å². The number of benzene rings is 1. The van der Waals surface area contributed by atoms with Crippen molar-refractivity contribution in [1.29, 1.82) is 0 Å². The van der Waals surface area contributed by atoms with Crippen molar-refractivity contribution in [1.82, 2.24) is 15.2 Å². The van der Waals surface area contributed by atoms with Crippen molar-refractivity contribution in [2.45, 2.75) is 18.9 Å². The maximum atomic E-state index is 8.99. The van der Waals surface area contributed by atoms with E-state index in [-0.39, 0.29) is 12.5 Å². The molecule has 1 aromatic heterocycles. The Kier molecular flexibility index (Phi) is 2.53. The number of rotatable bonds is 2. The van der Waals surface area contributed by atoms with Crippen LogP contribution in [0.15, 0.2) is 24.3 Å². The zero-order chi connectivity index (χ0) is 11.7. The van der Waals surface area contributed by atoms with Crippen LogP contribution < -0.4 is 4.74 Å². The molecular weight excluding hydrogens is 218 g/mol. The monoisotopic (exact) mass is 231 g/mol. The molecule has 2 heterocycles. The Labute approximate surface area is 98.5 Å². The first-order chi connectivity index (χ1) is 8.38. The van der Waals surface area contributed by atoms with Crippen molar-refractivity contribution in [2.24, 2.45) is 0 Å². The Balaban J connectivity index is 1.99. The Bertz CT molecular complexity index is 524. The largest absolute Gasteiger partial charge is 0.493 e. The van der Waals surface area contributed by atoms with Crippen molar-refractivity contribution < 1.29 is 9.84 Å². The molecule has 1 aromatic carbocycles. The van der Waals surface area contributed by atoms with E-state index in [2.05, 4.69) is 15.2 Å². The molecule has 1 aliphatic heterocycles. The fraction of sp³-hybridized carbons (Fsp3) is 0.333. The first-order valence-corrected chi connectivity index (χ1v) is 5.62. The van der Waals surface area contributed by atoms with Crippen LogP contribution in [0.4, 0.5) is 0 Å². The van der Waals surface area contributed by atoms with Crippen LogP contribution in [0.3, 0.4) is 0 Å². The predicted molar refractivity (Wildman–Crippen MR) is 60.7 cm³/mol. The number of fused-ring (bicyclic) bond motifs is 1. The summed E-state index contributed by atoms with van der Waals surface area (Å²) < 4.78 is 5.59. The minimum atomic E-state index is -0.113. The predicted octanol–water partition coefficient (Wildman–Crippen LogP) is 1.21. The van der Waals surface area contributed by atoms with Crippen LogP contribution >= 0.6 is 0 Å². The van der Waals surface area contributed by atoms with Gasteiger partial charge in [-0.1, -0.05) is 18.2 Å².